The van der Waals surface area contributed by atoms with Crippen molar-refractivity contribution in [2.24, 2.45) is 0 Å². The van der Waals surface area contributed by atoms with E-state index in [0.717, 1.165) is 12.8 Å². The Morgan fingerprint density at radius 3 is 2.74 bits per heavy atom. The highest BCUT2D eigenvalue weighted by atomic mass is 32.2. The maximum atomic E-state index is 12.1. The fourth-order valence-electron chi connectivity index (χ4n) is 1.87. The molecule has 2 unspecified atom stereocenters. The van der Waals surface area contributed by atoms with Crippen LogP contribution < -0.4 is 10.0 Å². The van der Waals surface area contributed by atoms with Gasteiger partial charge in [0.05, 0.1) is 11.6 Å². The average molecular weight is 286 g/mol. The van der Waals surface area contributed by atoms with Crippen LogP contribution in [0.3, 0.4) is 0 Å². The largest absolute Gasteiger partial charge is 0.336 e. The highest BCUT2D eigenvalue weighted by Crippen LogP contribution is 2.18. The molecule has 1 aliphatic rings. The molecule has 1 fully saturated rings. The summed E-state index contributed by atoms with van der Waals surface area (Å²) in [4.78, 5) is 3.94. The normalized spacial score (nSPS) is 19.3. The Balaban J connectivity index is 1.80. The third-order valence-electron chi connectivity index (χ3n) is 3.21. The summed E-state index contributed by atoms with van der Waals surface area (Å²) in [5, 5.41) is 2.83. The lowest BCUT2D eigenvalue weighted by Gasteiger charge is -2.19. The van der Waals surface area contributed by atoms with Crippen LogP contribution in [0.5, 0.6) is 0 Å². The van der Waals surface area contributed by atoms with Crippen molar-refractivity contribution >= 4 is 10.0 Å². The number of aromatic nitrogens is 2. The van der Waals surface area contributed by atoms with Gasteiger partial charge in [-0.05, 0) is 26.7 Å². The number of hydrogen-bond acceptors (Lipinski definition) is 4. The van der Waals surface area contributed by atoms with Crippen LogP contribution in [0.15, 0.2) is 18.7 Å². The zero-order chi connectivity index (χ0) is 13.9. The van der Waals surface area contributed by atoms with Gasteiger partial charge in [0.25, 0.3) is 0 Å². The van der Waals surface area contributed by atoms with Crippen molar-refractivity contribution in [2.75, 3.05) is 6.54 Å². The molecule has 19 heavy (non-hydrogen) atoms. The van der Waals surface area contributed by atoms with E-state index in [-0.39, 0.29) is 6.04 Å². The maximum absolute atomic E-state index is 12.1. The van der Waals surface area contributed by atoms with Gasteiger partial charge in [0.15, 0.2) is 0 Å². The molecular weight excluding hydrogens is 264 g/mol. The van der Waals surface area contributed by atoms with Gasteiger partial charge in [0, 0.05) is 37.6 Å². The molecule has 108 valence electrons. The van der Waals surface area contributed by atoms with E-state index in [1.54, 1.807) is 19.4 Å². The van der Waals surface area contributed by atoms with Gasteiger partial charge in [-0.1, -0.05) is 0 Å². The monoisotopic (exact) mass is 286 g/mol. The highest BCUT2D eigenvalue weighted by Gasteiger charge is 2.26. The van der Waals surface area contributed by atoms with E-state index in [4.69, 9.17) is 0 Å². The second kappa shape index (κ2) is 6.02. The number of rotatable bonds is 8. The van der Waals surface area contributed by atoms with Crippen LogP contribution in [-0.2, 0) is 16.6 Å². The third kappa shape index (κ3) is 4.59. The maximum Gasteiger partial charge on any atom is 0.215 e. The molecular formula is C12H22N4O2S. The van der Waals surface area contributed by atoms with Gasteiger partial charge in [-0.25, -0.2) is 18.1 Å². The molecule has 6 nitrogen and oxygen atoms in total. The lowest BCUT2D eigenvalue weighted by molar-refractivity contribution is 0.509. The molecule has 1 saturated carbocycles. The fourth-order valence-corrected chi connectivity index (χ4v) is 3.06. The summed E-state index contributed by atoms with van der Waals surface area (Å²) in [6.45, 7) is 4.69. The molecule has 1 heterocycles. The van der Waals surface area contributed by atoms with Gasteiger partial charge in [-0.15, -0.1) is 0 Å². The van der Waals surface area contributed by atoms with Crippen molar-refractivity contribution in [1.82, 2.24) is 19.6 Å². The minimum Gasteiger partial charge on any atom is -0.336 e. The van der Waals surface area contributed by atoms with Gasteiger partial charge in [-0.2, -0.15) is 0 Å². The smallest absolute Gasteiger partial charge is 0.215 e. The number of sulfonamides is 1. The van der Waals surface area contributed by atoms with Gasteiger partial charge in [0.1, 0.15) is 0 Å². The molecule has 0 aliphatic heterocycles. The van der Waals surface area contributed by atoms with Gasteiger partial charge in [0.2, 0.25) is 10.0 Å². The summed E-state index contributed by atoms with van der Waals surface area (Å²) < 4.78 is 28.8. The van der Waals surface area contributed by atoms with E-state index in [0.29, 0.717) is 19.1 Å². The van der Waals surface area contributed by atoms with Gasteiger partial charge in [-0.3, -0.25) is 0 Å². The Morgan fingerprint density at radius 2 is 2.16 bits per heavy atom. The van der Waals surface area contributed by atoms with Crippen LogP contribution in [0.25, 0.3) is 0 Å². The van der Waals surface area contributed by atoms with Crippen LogP contribution in [0, 0.1) is 0 Å². The Morgan fingerprint density at radius 1 is 1.42 bits per heavy atom. The molecule has 0 aromatic carbocycles. The molecule has 1 aliphatic carbocycles. The van der Waals surface area contributed by atoms with Crippen LogP contribution in [-0.4, -0.2) is 41.8 Å². The van der Waals surface area contributed by atoms with Crippen LogP contribution in [0.2, 0.25) is 0 Å². The summed E-state index contributed by atoms with van der Waals surface area (Å²) in [5.41, 5.74) is 0. The van der Waals surface area contributed by atoms with E-state index in [2.05, 4.69) is 15.0 Å². The quantitative estimate of drug-likeness (QED) is 0.722. The molecule has 0 bridgehead atoms. The summed E-state index contributed by atoms with van der Waals surface area (Å²) in [7, 11) is -3.28. The van der Waals surface area contributed by atoms with Crippen molar-refractivity contribution in [2.45, 2.75) is 50.6 Å². The Hall–Kier alpha value is -0.920. The van der Waals surface area contributed by atoms with E-state index in [9.17, 15) is 8.42 Å². The van der Waals surface area contributed by atoms with Crippen molar-refractivity contribution in [3.63, 3.8) is 0 Å². The number of nitrogens with one attached hydrogen (secondary N) is 2. The number of hydrogen-bond donors (Lipinski definition) is 2. The molecule has 0 amide bonds. The molecule has 0 saturated heterocycles. The van der Waals surface area contributed by atoms with Crippen molar-refractivity contribution in [1.29, 1.82) is 0 Å². The number of imidazole rings is 1. The summed E-state index contributed by atoms with van der Waals surface area (Å²) in [5.74, 6) is 0. The summed E-state index contributed by atoms with van der Waals surface area (Å²) in [6, 6.07) is 0.378. The molecule has 0 spiro atoms. The van der Waals surface area contributed by atoms with Crippen molar-refractivity contribution in [3.05, 3.63) is 18.7 Å². The SMILES string of the molecule is CC(Cn1ccnc1)NS(=O)(=O)C(C)CNC1CC1. The minimum atomic E-state index is -3.28. The van der Waals surface area contributed by atoms with E-state index >= 15 is 0 Å². The number of nitrogens with zero attached hydrogens (tertiary/aromatic N) is 2. The first kappa shape index (κ1) is 14.5. The first-order valence-electron chi connectivity index (χ1n) is 6.67. The summed E-state index contributed by atoms with van der Waals surface area (Å²) in [6.07, 6.45) is 7.52. The molecule has 7 heteroatoms. The van der Waals surface area contributed by atoms with Crippen LogP contribution in [0.4, 0.5) is 0 Å². The standard InChI is InChI=1S/C12H22N4O2S/c1-10(8-16-6-5-13-9-16)15-19(17,18)11(2)7-14-12-3-4-12/h5-6,9-12,14-15H,3-4,7-8H2,1-2H3. The van der Waals surface area contributed by atoms with E-state index < -0.39 is 15.3 Å². The molecule has 1 aromatic heterocycles. The lowest BCUT2D eigenvalue weighted by Crippen LogP contribution is -2.44. The first-order chi connectivity index (χ1) is 8.97. The molecule has 0 radical (unpaired) electrons. The predicted octanol–water partition coefficient (Wildman–Crippen LogP) is 0.332. The lowest BCUT2D eigenvalue weighted by atomic mass is 10.4. The minimum absolute atomic E-state index is 0.150. The van der Waals surface area contributed by atoms with E-state index in [1.165, 1.54) is 0 Å². The first-order valence-corrected chi connectivity index (χ1v) is 8.22. The Bertz CT molecular complexity index is 482. The van der Waals surface area contributed by atoms with Crippen molar-refractivity contribution in [3.8, 4) is 0 Å². The van der Waals surface area contributed by atoms with Crippen molar-refractivity contribution < 1.29 is 8.42 Å². The zero-order valence-corrected chi connectivity index (χ0v) is 12.2. The molecule has 2 atom stereocenters. The third-order valence-corrected chi connectivity index (χ3v) is 5.17. The van der Waals surface area contributed by atoms with Crippen LogP contribution in [0.1, 0.15) is 26.7 Å². The second-order valence-corrected chi connectivity index (χ2v) is 7.45. The summed E-state index contributed by atoms with van der Waals surface area (Å²) >= 11 is 0. The van der Waals surface area contributed by atoms with Crippen LogP contribution >= 0.6 is 0 Å². The highest BCUT2D eigenvalue weighted by molar-refractivity contribution is 7.90. The molecule has 2 rings (SSSR count). The Labute approximate surface area is 114 Å². The van der Waals surface area contributed by atoms with Gasteiger partial charge < -0.3 is 9.88 Å². The van der Waals surface area contributed by atoms with Gasteiger partial charge >= 0.3 is 0 Å². The average Bonchev–Trinajstić information content (AvgIpc) is 3.02. The molecule has 2 N–H and O–H groups in total. The zero-order valence-electron chi connectivity index (χ0n) is 11.4. The Kier molecular flexibility index (Phi) is 4.59. The van der Waals surface area contributed by atoms with E-state index in [1.807, 2.05) is 17.7 Å². The predicted molar refractivity (Wildman–Crippen MR) is 74.2 cm³/mol. The second-order valence-electron chi connectivity index (χ2n) is 5.32. The fraction of sp³-hybridized carbons (Fsp3) is 0.750. The molecule has 1 aromatic rings. The topological polar surface area (TPSA) is 76.0 Å².